The average Bonchev–Trinajstić information content (AvgIpc) is 0.876. The molecule has 0 heterocycles. The van der Waals surface area contributed by atoms with Crippen molar-refractivity contribution < 1.29 is 211 Å². The lowest BCUT2D eigenvalue weighted by Gasteiger charge is -2.41. The van der Waals surface area contributed by atoms with Crippen LogP contribution in [-0.4, -0.2) is 113 Å². The molecule has 0 fully saturated rings. The molecule has 0 aliphatic rings. The highest BCUT2D eigenvalue weighted by Gasteiger charge is 2.95. The van der Waals surface area contributed by atoms with E-state index in [1.165, 1.54) is 0 Å². The maximum absolute atomic E-state index is 14.7. The van der Waals surface area contributed by atoms with Crippen LogP contribution in [-0.2, 0) is 20.0 Å². The van der Waals surface area contributed by atoms with Crippen LogP contribution in [0.2, 0.25) is 0 Å². The summed E-state index contributed by atoms with van der Waals surface area (Å²) in [6.07, 6.45) is -16.4. The summed E-state index contributed by atoms with van der Waals surface area (Å²) in [5.41, 5.74) is 0. The SMILES string of the molecule is O=S(=O)(NCCNS(=O)(=O)c1c(F)c(F)c(F)c(F)c1OC(F)=C(F)C(F)(F)C(F)(F)C(F)(F)C(F)(F)C(F)(F)C(F)(F)C(F)(F)F)c1c(F)c(F)c(F)c(F)c1OC(F)=C(F)C(F)(F)C(F)(F)C(F)(F)C(F)(F)C(F)(F)C(F)(F)C(F)(F)F. The molecule has 0 spiro atoms. The Bertz CT molecular complexity index is 2970. The van der Waals surface area contributed by atoms with E-state index >= 15 is 0 Å². The Labute approximate surface area is 428 Å². The molecule has 0 amide bonds. The molecule has 0 atom stereocenters. The lowest BCUT2D eigenvalue weighted by molar-refractivity contribution is -0.451. The van der Waals surface area contributed by atoms with Crippen molar-refractivity contribution in [1.82, 2.24) is 9.44 Å². The highest BCUT2D eigenvalue weighted by Crippen LogP contribution is 2.65. The fraction of sp³-hybridized carbons (Fsp3) is 0.500. The molecule has 52 heteroatoms. The zero-order valence-electron chi connectivity index (χ0n) is 36.6. The topological polar surface area (TPSA) is 111 Å². The minimum atomic E-state index is -9.29. The summed E-state index contributed by atoms with van der Waals surface area (Å²) in [5, 5.41) is 0. The monoisotopic (exact) mass is 1380 g/mol. The number of rotatable bonds is 23. The summed E-state index contributed by atoms with van der Waals surface area (Å²) in [7, 11) is -14.2. The molecule has 486 valence electrons. The Hall–Kier alpha value is -5.60. The fourth-order valence-electron chi connectivity index (χ4n) is 5.08. The molecule has 0 radical (unpaired) electrons. The molecule has 84 heavy (non-hydrogen) atoms. The first-order valence-electron chi connectivity index (χ1n) is 18.4. The second kappa shape index (κ2) is 21.7. The standard InChI is InChI=1S/C32H6F42N2O6S2/c33-3-5(35)9(39)13(11(7(3)37)81-17(43)15(41)19(45,46)21(49,50)23(53,54)25(57,58)27(61,62)29(65,66)31(69,70)71)83(77,78)75-1-2-76-84(79,80)14-10(40)6(36)4(34)8(38)12(14)82-18(44)16(42)20(47,48)22(51,52)24(55,56)26(59,60)28(63,64)30(67,68)32(72,73)74/h75-76H,1-2H2. The van der Waals surface area contributed by atoms with Gasteiger partial charge in [0.2, 0.25) is 55.0 Å². The predicted molar refractivity (Wildman–Crippen MR) is 174 cm³/mol. The van der Waals surface area contributed by atoms with Crippen molar-refractivity contribution >= 4 is 20.0 Å². The molecular weight excluding hydrogens is 1370 g/mol. The van der Waals surface area contributed by atoms with E-state index in [0.29, 0.717) is 9.44 Å². The number of allylic oxidation sites excluding steroid dienone is 2. The van der Waals surface area contributed by atoms with Gasteiger partial charge >= 0.3 is 95.4 Å². The lowest BCUT2D eigenvalue weighted by atomic mass is 9.91. The maximum atomic E-state index is 14.7. The molecule has 2 rings (SSSR count). The maximum Gasteiger partial charge on any atom is 0.460 e. The summed E-state index contributed by atoms with van der Waals surface area (Å²) >= 11 is 0. The summed E-state index contributed by atoms with van der Waals surface area (Å²) in [4.78, 5) is -7.20. The lowest BCUT2D eigenvalue weighted by Crippen LogP contribution is -2.72. The number of benzene rings is 2. The number of hydrogen-bond acceptors (Lipinski definition) is 6. The summed E-state index contributed by atoms with van der Waals surface area (Å²) in [6, 6.07) is -9.89. The minimum Gasteiger partial charge on any atom is -0.425 e. The van der Waals surface area contributed by atoms with E-state index in [9.17, 15) is 201 Å². The van der Waals surface area contributed by atoms with E-state index < -0.39 is 208 Å². The Morgan fingerprint density at radius 1 is 0.298 bits per heavy atom. The van der Waals surface area contributed by atoms with Gasteiger partial charge in [-0.05, 0) is 0 Å². The van der Waals surface area contributed by atoms with Crippen molar-refractivity contribution in [2.75, 3.05) is 13.1 Å². The van der Waals surface area contributed by atoms with Gasteiger partial charge in [0.05, 0.1) is 0 Å². The van der Waals surface area contributed by atoms with E-state index in [-0.39, 0.29) is 0 Å². The molecule has 0 aliphatic carbocycles. The number of sulfonamides is 2. The van der Waals surface area contributed by atoms with E-state index in [0.717, 1.165) is 0 Å². The molecule has 2 aromatic carbocycles. The van der Waals surface area contributed by atoms with Crippen LogP contribution in [0.15, 0.2) is 33.5 Å². The van der Waals surface area contributed by atoms with Gasteiger partial charge in [0.1, 0.15) is 0 Å². The summed E-state index contributed by atoms with van der Waals surface area (Å²) in [5.74, 6) is -157. The Kier molecular flexibility index (Phi) is 19.2. The zero-order chi connectivity index (χ0) is 67.5. The molecule has 2 aromatic rings. The van der Waals surface area contributed by atoms with Crippen LogP contribution < -0.4 is 18.9 Å². The van der Waals surface area contributed by atoms with Gasteiger partial charge < -0.3 is 9.47 Å². The van der Waals surface area contributed by atoms with Gasteiger partial charge in [-0.25, -0.2) is 52.6 Å². The minimum absolute atomic E-state index is 0.382. The van der Waals surface area contributed by atoms with Crippen LogP contribution in [0.1, 0.15) is 0 Å². The van der Waals surface area contributed by atoms with Gasteiger partial charge in [0.25, 0.3) is 0 Å². The first-order chi connectivity index (χ1) is 36.6. The molecule has 0 saturated heterocycles. The number of alkyl halides is 30. The van der Waals surface area contributed by atoms with Gasteiger partial charge in [-0.1, -0.05) is 0 Å². The molecule has 0 unspecified atom stereocenters. The molecule has 2 N–H and O–H groups in total. The van der Waals surface area contributed by atoms with Crippen molar-refractivity contribution in [3.63, 3.8) is 0 Å². The summed E-state index contributed by atoms with van der Waals surface area (Å²) < 4.78 is 635. The number of halogens is 42. The third-order valence-corrected chi connectivity index (χ3v) is 12.5. The van der Waals surface area contributed by atoms with Gasteiger partial charge in [-0.3, -0.25) is 0 Å². The van der Waals surface area contributed by atoms with E-state index in [1.807, 2.05) is 0 Å². The third-order valence-electron chi connectivity index (χ3n) is 9.55. The van der Waals surface area contributed by atoms with Gasteiger partial charge in [0, 0.05) is 13.1 Å². The van der Waals surface area contributed by atoms with E-state index in [4.69, 9.17) is 0 Å². The largest absolute Gasteiger partial charge is 0.460 e. The fourth-order valence-corrected chi connectivity index (χ4v) is 7.52. The quantitative estimate of drug-likeness (QED) is 0.0377. The van der Waals surface area contributed by atoms with Crippen LogP contribution in [0.3, 0.4) is 0 Å². The average molecular weight is 1380 g/mol. The second-order valence-corrected chi connectivity index (χ2v) is 18.3. The van der Waals surface area contributed by atoms with E-state index in [2.05, 4.69) is 9.47 Å². The molecule has 8 nitrogen and oxygen atoms in total. The van der Waals surface area contributed by atoms with Gasteiger partial charge in [0.15, 0.2) is 44.6 Å². The van der Waals surface area contributed by atoms with Crippen molar-refractivity contribution in [2.24, 2.45) is 0 Å². The molecule has 0 bridgehead atoms. The molecule has 0 saturated carbocycles. The first-order valence-corrected chi connectivity index (χ1v) is 21.4. The van der Waals surface area contributed by atoms with Crippen LogP contribution in [0.4, 0.5) is 184 Å². The predicted octanol–water partition coefficient (Wildman–Crippen LogP) is 13.8. The number of nitrogens with one attached hydrogen (secondary N) is 2. The molecule has 0 aromatic heterocycles. The third kappa shape index (κ3) is 10.9. The van der Waals surface area contributed by atoms with Crippen LogP contribution in [0.25, 0.3) is 0 Å². The van der Waals surface area contributed by atoms with E-state index in [1.54, 1.807) is 0 Å². The summed E-state index contributed by atoms with van der Waals surface area (Å²) in [6.45, 7) is -4.89. The number of ether oxygens (including phenoxy) is 2. The van der Waals surface area contributed by atoms with Gasteiger partial charge in [-0.15, -0.1) is 0 Å². The van der Waals surface area contributed by atoms with Crippen molar-refractivity contribution in [1.29, 1.82) is 0 Å². The zero-order valence-corrected chi connectivity index (χ0v) is 38.2. The van der Waals surface area contributed by atoms with Crippen molar-refractivity contribution in [3.8, 4) is 11.5 Å². The highest BCUT2D eigenvalue weighted by atomic mass is 32.2. The smallest absolute Gasteiger partial charge is 0.425 e. The van der Waals surface area contributed by atoms with Gasteiger partial charge in [-0.2, -0.15) is 158 Å². The Morgan fingerprint density at radius 2 is 0.488 bits per heavy atom. The first kappa shape index (κ1) is 74.5. The molecule has 0 aliphatic heterocycles. The Balaban J connectivity index is 2.74. The van der Waals surface area contributed by atoms with Crippen LogP contribution in [0.5, 0.6) is 11.5 Å². The normalized spacial score (nSPS) is 15.8. The van der Waals surface area contributed by atoms with Crippen LogP contribution >= 0.6 is 0 Å². The second-order valence-electron chi connectivity index (χ2n) is 14.9. The van der Waals surface area contributed by atoms with Crippen molar-refractivity contribution in [2.45, 2.75) is 93.2 Å². The van der Waals surface area contributed by atoms with Crippen LogP contribution in [0, 0.1) is 46.5 Å². The number of hydrogen-bond donors (Lipinski definition) is 2. The Morgan fingerprint density at radius 3 is 0.702 bits per heavy atom. The molecular formula is C32H6F42N2O6S2. The highest BCUT2D eigenvalue weighted by molar-refractivity contribution is 7.90. The van der Waals surface area contributed by atoms with Crippen molar-refractivity contribution in [3.05, 3.63) is 70.2 Å².